The summed E-state index contributed by atoms with van der Waals surface area (Å²) in [4.78, 5) is 54.4. The highest BCUT2D eigenvalue weighted by molar-refractivity contribution is 5.96. The Morgan fingerprint density at radius 3 is 2.45 bits per heavy atom. The molecule has 0 N–H and O–H groups in total. The molecule has 1 aromatic heterocycles. The summed E-state index contributed by atoms with van der Waals surface area (Å²) in [6.07, 6.45) is 2.77. The molecular formula is C32H31N3O7. The summed E-state index contributed by atoms with van der Waals surface area (Å²) in [6, 6.07) is 20.1. The number of nitro benzene ring substituents is 1. The highest BCUT2D eigenvalue weighted by atomic mass is 16.6. The van der Waals surface area contributed by atoms with Gasteiger partial charge in [-0.2, -0.15) is 0 Å². The van der Waals surface area contributed by atoms with Crippen LogP contribution in [0.1, 0.15) is 39.9 Å². The highest BCUT2D eigenvalue weighted by Gasteiger charge is 2.28. The summed E-state index contributed by atoms with van der Waals surface area (Å²) in [5, 5.41) is 11.5. The van der Waals surface area contributed by atoms with Crippen LogP contribution in [-0.2, 0) is 22.6 Å². The number of nitro groups is 1. The van der Waals surface area contributed by atoms with Crippen LogP contribution in [0.25, 0.3) is 11.0 Å². The third-order valence-electron chi connectivity index (χ3n) is 7.32. The lowest BCUT2D eigenvalue weighted by Crippen LogP contribution is -2.45. The summed E-state index contributed by atoms with van der Waals surface area (Å²) in [7, 11) is 0. The first-order chi connectivity index (χ1) is 20.3. The molecule has 10 heteroatoms. The molecule has 3 aromatic carbocycles. The maximum absolute atomic E-state index is 13.9. The van der Waals surface area contributed by atoms with Crippen molar-refractivity contribution in [1.29, 1.82) is 0 Å². The minimum absolute atomic E-state index is 0.0145. The fourth-order valence-electron chi connectivity index (χ4n) is 5.06. The average molecular weight is 570 g/mol. The van der Waals surface area contributed by atoms with Gasteiger partial charge in [0.2, 0.25) is 5.91 Å². The van der Waals surface area contributed by atoms with Crippen molar-refractivity contribution in [3.8, 4) is 0 Å². The second kappa shape index (κ2) is 12.8. The molecule has 1 aliphatic heterocycles. The summed E-state index contributed by atoms with van der Waals surface area (Å²) >= 11 is 0. The maximum atomic E-state index is 13.9. The van der Waals surface area contributed by atoms with E-state index in [0.717, 1.165) is 24.0 Å². The predicted molar refractivity (Wildman–Crippen MR) is 156 cm³/mol. The first-order valence-corrected chi connectivity index (χ1v) is 13.8. The Balaban J connectivity index is 1.43. The second-order valence-electron chi connectivity index (χ2n) is 10.4. The number of carbonyl (C=O) groups excluding carboxylic acids is 2. The van der Waals surface area contributed by atoms with Crippen molar-refractivity contribution in [2.24, 2.45) is 0 Å². The van der Waals surface area contributed by atoms with E-state index in [4.69, 9.17) is 9.15 Å². The topological polar surface area (TPSA) is 123 Å². The van der Waals surface area contributed by atoms with Crippen molar-refractivity contribution < 1.29 is 23.7 Å². The number of benzene rings is 3. The minimum atomic E-state index is -0.534. The Morgan fingerprint density at radius 2 is 1.76 bits per heavy atom. The molecule has 5 rings (SSSR count). The number of ether oxygens (including phenoxy) is 1. The van der Waals surface area contributed by atoms with E-state index in [0.29, 0.717) is 23.1 Å². The molecule has 2 heterocycles. The number of rotatable bonds is 10. The van der Waals surface area contributed by atoms with Crippen molar-refractivity contribution in [1.82, 2.24) is 9.80 Å². The van der Waals surface area contributed by atoms with E-state index in [9.17, 15) is 24.5 Å². The molecule has 10 nitrogen and oxygen atoms in total. The van der Waals surface area contributed by atoms with Crippen LogP contribution in [0.2, 0.25) is 0 Å². The van der Waals surface area contributed by atoms with Gasteiger partial charge in [0.1, 0.15) is 12.1 Å². The largest absolute Gasteiger partial charge is 0.464 e. The van der Waals surface area contributed by atoms with E-state index >= 15 is 0 Å². The molecule has 0 saturated carbocycles. The molecule has 1 saturated heterocycles. The number of hydrogen-bond donors (Lipinski definition) is 0. The van der Waals surface area contributed by atoms with Crippen molar-refractivity contribution >= 4 is 28.5 Å². The van der Waals surface area contributed by atoms with Gasteiger partial charge >= 0.3 is 0 Å². The number of hydrogen-bond acceptors (Lipinski definition) is 7. The summed E-state index contributed by atoms with van der Waals surface area (Å²) in [5.41, 5.74) is 2.44. The molecule has 2 amide bonds. The van der Waals surface area contributed by atoms with Crippen LogP contribution >= 0.6 is 0 Å². The Kier molecular flexibility index (Phi) is 8.73. The maximum Gasteiger partial charge on any atom is 0.269 e. The number of carbonyl (C=O) groups is 2. The predicted octanol–water partition coefficient (Wildman–Crippen LogP) is 4.86. The summed E-state index contributed by atoms with van der Waals surface area (Å²) < 4.78 is 11.5. The van der Waals surface area contributed by atoms with Gasteiger partial charge in [-0.15, -0.1) is 0 Å². The number of non-ortho nitro benzene ring substituents is 1. The number of amides is 2. The van der Waals surface area contributed by atoms with Crippen molar-refractivity contribution in [2.45, 2.75) is 39.0 Å². The summed E-state index contributed by atoms with van der Waals surface area (Å²) in [6.45, 7) is 2.60. The van der Waals surface area contributed by atoms with Gasteiger partial charge in [-0.25, -0.2) is 0 Å². The van der Waals surface area contributed by atoms with Crippen molar-refractivity contribution in [2.75, 3.05) is 19.7 Å². The van der Waals surface area contributed by atoms with Crippen molar-refractivity contribution in [3.05, 3.63) is 122 Å². The van der Waals surface area contributed by atoms with E-state index in [1.54, 1.807) is 12.1 Å². The molecule has 0 radical (unpaired) electrons. The van der Waals surface area contributed by atoms with Crippen molar-refractivity contribution in [3.63, 3.8) is 0 Å². The zero-order valence-electron chi connectivity index (χ0n) is 23.2. The van der Waals surface area contributed by atoms with E-state index in [1.165, 1.54) is 40.3 Å². The lowest BCUT2D eigenvalue weighted by molar-refractivity contribution is -0.384. The number of fused-ring (bicyclic) bond motifs is 1. The number of aryl methyl sites for hydroxylation is 1. The van der Waals surface area contributed by atoms with Gasteiger partial charge in [-0.05, 0) is 49.6 Å². The molecule has 0 spiro atoms. The standard InChI is InChI=1S/C32H31N3O7/c1-22-9-14-29-28(16-22)31(37)25(21-42-29)18-33(17-23-6-3-2-4-7-23)30(36)20-34(19-27-8-5-15-41-27)32(38)24-10-12-26(13-11-24)35(39)40/h2-4,6-7,9-14,16,21,27H,5,8,15,17-20H2,1H3. The smallest absolute Gasteiger partial charge is 0.269 e. The van der Waals surface area contributed by atoms with Gasteiger partial charge in [-0.3, -0.25) is 24.5 Å². The molecule has 1 aliphatic rings. The van der Waals surface area contributed by atoms with Gasteiger partial charge in [0, 0.05) is 37.4 Å². The van der Waals surface area contributed by atoms with E-state index < -0.39 is 10.8 Å². The molecule has 0 bridgehead atoms. The SMILES string of the molecule is Cc1ccc2occ(CN(Cc3ccccc3)C(=O)CN(CC3CCCO3)C(=O)c3ccc([N+](=O)[O-])cc3)c(=O)c2c1. The highest BCUT2D eigenvalue weighted by Crippen LogP contribution is 2.19. The van der Waals surface area contributed by atoms with Gasteiger partial charge in [0.05, 0.1) is 34.8 Å². The Morgan fingerprint density at radius 1 is 1.00 bits per heavy atom. The molecule has 42 heavy (non-hydrogen) atoms. The Hall–Kier alpha value is -4.83. The Bertz CT molecular complexity index is 1640. The lowest BCUT2D eigenvalue weighted by Gasteiger charge is -2.29. The van der Waals surface area contributed by atoms with Gasteiger partial charge in [0.15, 0.2) is 5.43 Å². The van der Waals surface area contributed by atoms with Crippen LogP contribution in [0.4, 0.5) is 5.69 Å². The molecular weight excluding hydrogens is 538 g/mol. The second-order valence-corrected chi connectivity index (χ2v) is 10.4. The van der Waals surface area contributed by atoms with E-state index in [-0.39, 0.29) is 54.9 Å². The fraction of sp³-hybridized carbons (Fsp3) is 0.281. The van der Waals surface area contributed by atoms with Gasteiger partial charge in [-0.1, -0.05) is 42.0 Å². The first kappa shape index (κ1) is 28.7. The zero-order valence-corrected chi connectivity index (χ0v) is 23.2. The van der Waals surface area contributed by atoms with Gasteiger partial charge < -0.3 is 19.0 Å². The van der Waals surface area contributed by atoms with Crippen LogP contribution in [-0.4, -0.2) is 52.3 Å². The first-order valence-electron chi connectivity index (χ1n) is 13.8. The van der Waals surface area contributed by atoms with Crippen LogP contribution in [0, 0.1) is 17.0 Å². The van der Waals surface area contributed by atoms with E-state index in [2.05, 4.69) is 0 Å². The molecule has 1 atom stereocenters. The normalized spacial score (nSPS) is 14.5. The molecule has 216 valence electrons. The third-order valence-corrected chi connectivity index (χ3v) is 7.32. The third kappa shape index (κ3) is 6.72. The Labute approximate surface area is 242 Å². The quantitative estimate of drug-likeness (QED) is 0.197. The lowest BCUT2D eigenvalue weighted by atomic mass is 10.1. The van der Waals surface area contributed by atoms with Gasteiger partial charge in [0.25, 0.3) is 11.6 Å². The monoisotopic (exact) mass is 569 g/mol. The molecule has 4 aromatic rings. The molecule has 1 unspecified atom stereocenters. The average Bonchev–Trinajstić information content (AvgIpc) is 3.51. The molecule has 0 aliphatic carbocycles. The summed E-state index contributed by atoms with van der Waals surface area (Å²) in [5.74, 6) is -0.801. The zero-order chi connectivity index (χ0) is 29.6. The molecule has 1 fully saturated rings. The van der Waals surface area contributed by atoms with E-state index in [1.807, 2.05) is 43.3 Å². The van der Waals surface area contributed by atoms with Crippen LogP contribution in [0.3, 0.4) is 0 Å². The fourth-order valence-corrected chi connectivity index (χ4v) is 5.06. The number of nitrogens with zero attached hydrogens (tertiary/aromatic N) is 3. The van der Waals surface area contributed by atoms with Crippen LogP contribution in [0.5, 0.6) is 0 Å². The minimum Gasteiger partial charge on any atom is -0.464 e. The van der Waals surface area contributed by atoms with Crippen LogP contribution < -0.4 is 5.43 Å². The van der Waals surface area contributed by atoms with Crippen LogP contribution in [0.15, 0.2) is 88.3 Å².